The van der Waals surface area contributed by atoms with E-state index in [4.69, 9.17) is 21.1 Å². The van der Waals surface area contributed by atoms with E-state index in [0.717, 1.165) is 0 Å². The van der Waals surface area contributed by atoms with Gasteiger partial charge in [0.2, 0.25) is 0 Å². The number of carbonyl (C=O) groups excluding carboxylic acids is 3. The maximum atomic E-state index is 13.3. The van der Waals surface area contributed by atoms with Gasteiger partial charge in [0, 0.05) is 24.5 Å². The summed E-state index contributed by atoms with van der Waals surface area (Å²) in [5, 5.41) is 11.5. The molecule has 8 nitrogen and oxygen atoms in total. The highest BCUT2D eigenvalue weighted by Crippen LogP contribution is 2.41. The minimum atomic E-state index is -0.916. The average molecular weight is 535 g/mol. The van der Waals surface area contributed by atoms with Gasteiger partial charge in [-0.1, -0.05) is 29.8 Å². The third-order valence-electron chi connectivity index (χ3n) is 5.93. The summed E-state index contributed by atoms with van der Waals surface area (Å²) < 4.78 is 10.7. The summed E-state index contributed by atoms with van der Waals surface area (Å²) in [7, 11) is 0. The Morgan fingerprint density at radius 2 is 1.87 bits per heavy atom. The van der Waals surface area contributed by atoms with Crippen LogP contribution in [0.5, 0.6) is 5.75 Å². The molecule has 0 aliphatic carbocycles. The number of hydrogen-bond acceptors (Lipinski definition) is 7. The minimum Gasteiger partial charge on any atom is -0.507 e. The third-order valence-corrected chi connectivity index (χ3v) is 6.26. The predicted molar refractivity (Wildman–Crippen MR) is 142 cm³/mol. The van der Waals surface area contributed by atoms with E-state index >= 15 is 0 Å². The maximum absolute atomic E-state index is 13.3. The van der Waals surface area contributed by atoms with Crippen molar-refractivity contribution >= 4 is 35.0 Å². The Bertz CT molecular complexity index is 1390. The molecule has 0 radical (unpaired) electrons. The van der Waals surface area contributed by atoms with Crippen LogP contribution >= 0.6 is 11.6 Å². The van der Waals surface area contributed by atoms with Crippen molar-refractivity contribution in [3.8, 4) is 5.75 Å². The lowest BCUT2D eigenvalue weighted by Gasteiger charge is -2.25. The van der Waals surface area contributed by atoms with Gasteiger partial charge in [-0.15, -0.1) is 0 Å². The zero-order chi connectivity index (χ0) is 27.4. The van der Waals surface area contributed by atoms with E-state index in [1.165, 1.54) is 11.0 Å². The lowest BCUT2D eigenvalue weighted by molar-refractivity contribution is -0.140. The Labute approximate surface area is 225 Å². The Morgan fingerprint density at radius 3 is 2.50 bits per heavy atom. The molecule has 1 fully saturated rings. The number of aromatic nitrogens is 1. The van der Waals surface area contributed by atoms with Crippen molar-refractivity contribution < 1.29 is 29.0 Å². The Kier molecular flexibility index (Phi) is 8.12. The van der Waals surface area contributed by atoms with Crippen molar-refractivity contribution in [1.82, 2.24) is 9.88 Å². The molecule has 3 aromatic rings. The number of ketones is 1. The second kappa shape index (κ2) is 11.5. The molecule has 1 N–H and O–H groups in total. The van der Waals surface area contributed by atoms with Crippen LogP contribution in [-0.4, -0.2) is 45.4 Å². The number of aliphatic hydroxyl groups excluding tert-OH is 1. The highest BCUT2D eigenvalue weighted by atomic mass is 35.5. The van der Waals surface area contributed by atoms with Gasteiger partial charge in [-0.05, 0) is 68.3 Å². The van der Waals surface area contributed by atoms with E-state index in [1.54, 1.807) is 74.8 Å². The molecule has 38 heavy (non-hydrogen) atoms. The monoisotopic (exact) mass is 534 g/mol. The standard InChI is InChI=1S/C29H27ClN2O6/c1-4-37-21-11-12-23(30)22(14-21)26(33)24-25(20-6-5-13-31-15-20)32(28(35)27(24)34)16-18-7-9-19(10-8-18)29(36)38-17(2)3/h5-15,17,25,33H,4,16H2,1-3H3/b26-24+. The first-order valence-electron chi connectivity index (χ1n) is 12.1. The Morgan fingerprint density at radius 1 is 1.13 bits per heavy atom. The quantitative estimate of drug-likeness (QED) is 0.180. The number of rotatable bonds is 8. The summed E-state index contributed by atoms with van der Waals surface area (Å²) in [6, 6.07) is 13.8. The first-order valence-corrected chi connectivity index (χ1v) is 12.5. The number of hydrogen-bond donors (Lipinski definition) is 1. The van der Waals surface area contributed by atoms with Gasteiger partial charge in [0.15, 0.2) is 0 Å². The molecule has 1 amide bonds. The van der Waals surface area contributed by atoms with Gasteiger partial charge in [0.1, 0.15) is 11.5 Å². The lowest BCUT2D eigenvalue weighted by Crippen LogP contribution is -2.29. The van der Waals surface area contributed by atoms with Crippen LogP contribution in [0.25, 0.3) is 5.76 Å². The van der Waals surface area contributed by atoms with Crippen molar-refractivity contribution in [2.45, 2.75) is 39.5 Å². The normalized spacial score (nSPS) is 16.7. The number of ether oxygens (including phenoxy) is 2. The Balaban J connectivity index is 1.75. The van der Waals surface area contributed by atoms with Crippen molar-refractivity contribution in [3.05, 3.63) is 99.8 Å². The van der Waals surface area contributed by atoms with Crippen molar-refractivity contribution in [2.75, 3.05) is 6.61 Å². The number of Topliss-reactive ketones (excluding diaryl/α,β-unsaturated/α-hetero) is 1. The minimum absolute atomic E-state index is 0.0488. The number of aliphatic hydroxyl groups is 1. The number of esters is 1. The number of benzene rings is 2. The molecule has 9 heteroatoms. The highest BCUT2D eigenvalue weighted by Gasteiger charge is 2.46. The predicted octanol–water partition coefficient (Wildman–Crippen LogP) is 5.32. The summed E-state index contributed by atoms with van der Waals surface area (Å²) in [6.07, 6.45) is 2.86. The summed E-state index contributed by atoms with van der Waals surface area (Å²) >= 11 is 6.38. The molecule has 1 saturated heterocycles. The van der Waals surface area contributed by atoms with E-state index in [2.05, 4.69) is 4.98 Å². The topological polar surface area (TPSA) is 106 Å². The largest absolute Gasteiger partial charge is 0.507 e. The molecular weight excluding hydrogens is 508 g/mol. The summed E-state index contributed by atoms with van der Waals surface area (Å²) in [5.74, 6) is -2.01. The fraction of sp³-hybridized carbons (Fsp3) is 0.241. The third kappa shape index (κ3) is 5.55. The molecule has 0 bridgehead atoms. The molecule has 0 saturated carbocycles. The second-order valence-corrected chi connectivity index (χ2v) is 9.35. The van der Waals surface area contributed by atoms with Crippen LogP contribution < -0.4 is 4.74 Å². The fourth-order valence-electron chi connectivity index (χ4n) is 4.24. The van der Waals surface area contributed by atoms with Crippen LogP contribution in [0.1, 0.15) is 53.9 Å². The Hall–Kier alpha value is -4.17. The zero-order valence-electron chi connectivity index (χ0n) is 21.2. The van der Waals surface area contributed by atoms with Crippen LogP contribution in [0.3, 0.4) is 0 Å². The van der Waals surface area contributed by atoms with Gasteiger partial charge in [-0.25, -0.2) is 4.79 Å². The zero-order valence-corrected chi connectivity index (χ0v) is 21.9. The van der Waals surface area contributed by atoms with Crippen LogP contribution in [-0.2, 0) is 20.9 Å². The number of nitrogens with zero attached hydrogens (tertiary/aromatic N) is 2. The molecule has 1 unspecified atom stereocenters. The first kappa shape index (κ1) is 26.9. The number of carbonyl (C=O) groups is 3. The average Bonchev–Trinajstić information content (AvgIpc) is 3.15. The van der Waals surface area contributed by atoms with Gasteiger partial charge >= 0.3 is 5.97 Å². The van der Waals surface area contributed by atoms with Gasteiger partial charge < -0.3 is 19.5 Å². The highest BCUT2D eigenvalue weighted by molar-refractivity contribution is 6.47. The molecule has 0 spiro atoms. The molecule has 196 valence electrons. The molecule has 1 aromatic heterocycles. The van der Waals surface area contributed by atoms with Crippen LogP contribution in [0.4, 0.5) is 0 Å². The van der Waals surface area contributed by atoms with Crippen LogP contribution in [0, 0.1) is 0 Å². The molecule has 1 aliphatic rings. The number of likely N-dealkylation sites (tertiary alicyclic amines) is 1. The fourth-order valence-corrected chi connectivity index (χ4v) is 4.45. The van der Waals surface area contributed by atoms with Crippen LogP contribution in [0.15, 0.2) is 72.6 Å². The first-order chi connectivity index (χ1) is 18.2. The smallest absolute Gasteiger partial charge is 0.338 e. The van der Waals surface area contributed by atoms with E-state index in [-0.39, 0.29) is 28.8 Å². The van der Waals surface area contributed by atoms with E-state index in [1.807, 2.05) is 6.92 Å². The lowest BCUT2D eigenvalue weighted by atomic mass is 9.96. The molecule has 4 rings (SSSR count). The summed E-state index contributed by atoms with van der Waals surface area (Å²) in [4.78, 5) is 44.3. The molecule has 2 heterocycles. The summed E-state index contributed by atoms with van der Waals surface area (Å²) in [6.45, 7) is 5.80. The number of halogens is 1. The van der Waals surface area contributed by atoms with Crippen molar-refractivity contribution in [3.63, 3.8) is 0 Å². The van der Waals surface area contributed by atoms with E-state index < -0.39 is 29.5 Å². The molecule has 1 aliphatic heterocycles. The summed E-state index contributed by atoms with van der Waals surface area (Å²) in [5.41, 5.74) is 1.67. The molecule has 1 atom stereocenters. The molecular formula is C29H27ClN2O6. The number of amides is 1. The SMILES string of the molecule is CCOc1ccc(Cl)c(/C(O)=C2\C(=O)C(=O)N(Cc3ccc(C(=O)OC(C)C)cc3)C2c2cccnc2)c1. The second-order valence-electron chi connectivity index (χ2n) is 8.94. The van der Waals surface area contributed by atoms with Crippen molar-refractivity contribution in [2.24, 2.45) is 0 Å². The van der Waals surface area contributed by atoms with Gasteiger partial charge in [0.05, 0.1) is 34.9 Å². The van der Waals surface area contributed by atoms with Gasteiger partial charge in [0.25, 0.3) is 11.7 Å². The maximum Gasteiger partial charge on any atom is 0.338 e. The van der Waals surface area contributed by atoms with E-state index in [0.29, 0.717) is 29.0 Å². The van der Waals surface area contributed by atoms with Crippen molar-refractivity contribution in [1.29, 1.82) is 0 Å². The number of pyridine rings is 1. The molecule has 2 aromatic carbocycles. The van der Waals surface area contributed by atoms with E-state index in [9.17, 15) is 19.5 Å². The van der Waals surface area contributed by atoms with Gasteiger partial charge in [-0.2, -0.15) is 0 Å². The van der Waals surface area contributed by atoms with Crippen LogP contribution in [0.2, 0.25) is 5.02 Å². The van der Waals surface area contributed by atoms with Gasteiger partial charge in [-0.3, -0.25) is 14.6 Å².